The zero-order valence-corrected chi connectivity index (χ0v) is 69.4. The molecule has 3 saturated heterocycles. The van der Waals surface area contributed by atoms with Crippen LogP contribution in [0.1, 0.15) is 178 Å². The van der Waals surface area contributed by atoms with Crippen molar-refractivity contribution >= 4 is 127 Å². The Hall–Kier alpha value is -9.37. The van der Waals surface area contributed by atoms with Gasteiger partial charge in [0.1, 0.15) is 0 Å². The summed E-state index contributed by atoms with van der Waals surface area (Å²) in [6.45, 7) is 21.0. The number of fused-ring (bicyclic) bond motifs is 6. The molecule has 114 heavy (non-hydrogen) atoms. The summed E-state index contributed by atoms with van der Waals surface area (Å²) in [7, 11) is 0. The lowest BCUT2D eigenvalue weighted by Gasteiger charge is -2.31. The first-order valence-electron chi connectivity index (χ1n) is 41.6. The average molecular weight is 1600 g/mol. The van der Waals surface area contributed by atoms with Crippen LogP contribution < -0.4 is 16.0 Å². The molecule has 3 amide bonds. The molecule has 8 aromatic carbocycles. The van der Waals surface area contributed by atoms with Crippen LogP contribution in [0, 0.1) is 12.8 Å². The summed E-state index contributed by atoms with van der Waals surface area (Å²) in [6, 6.07) is 66.0. The molecule has 19 heteroatoms. The molecule has 3 aliphatic heterocycles. The molecule has 590 valence electrons. The Morgan fingerprint density at radius 2 is 0.781 bits per heavy atom. The van der Waals surface area contributed by atoms with Gasteiger partial charge in [0.25, 0.3) is 17.7 Å². The fraction of sp³-hybridized carbons (Fsp3) is 0.368. The highest BCUT2D eigenvalue weighted by Gasteiger charge is 2.28. The van der Waals surface area contributed by atoms with Gasteiger partial charge in [-0.1, -0.05) is 178 Å². The summed E-state index contributed by atoms with van der Waals surface area (Å²) in [5, 5.41) is 17.1. The van der Waals surface area contributed by atoms with Crippen LogP contribution in [0.3, 0.4) is 0 Å². The van der Waals surface area contributed by atoms with Crippen LogP contribution in [0.4, 0.5) is 0 Å². The van der Waals surface area contributed by atoms with Gasteiger partial charge < -0.3 is 44.4 Å². The number of amides is 3. The molecule has 6 aromatic heterocycles. The van der Waals surface area contributed by atoms with Crippen molar-refractivity contribution in [1.82, 2.24) is 59.3 Å². The van der Waals surface area contributed by atoms with Gasteiger partial charge >= 0.3 is 0 Å². The van der Waals surface area contributed by atoms with Gasteiger partial charge in [0.2, 0.25) is 0 Å². The molecule has 14 aromatic rings. The monoisotopic (exact) mass is 1590 g/mol. The maximum atomic E-state index is 13.2. The van der Waals surface area contributed by atoms with Gasteiger partial charge in [-0.2, -0.15) is 0 Å². The van der Waals surface area contributed by atoms with Crippen molar-refractivity contribution in [3.05, 3.63) is 266 Å². The number of halogens is 1. The molecule has 0 spiro atoms. The highest BCUT2D eigenvalue weighted by molar-refractivity contribution is 7.19. The zero-order chi connectivity index (χ0) is 78.1. The number of piperidine rings is 3. The Morgan fingerprint density at radius 1 is 0.421 bits per heavy atom. The maximum Gasteiger partial charge on any atom is 0.253 e. The number of nitrogens with zero attached hydrogens (tertiary/aromatic N) is 9. The van der Waals surface area contributed by atoms with Crippen molar-refractivity contribution in [2.45, 2.75) is 155 Å². The number of hydrogen-bond acceptors (Lipinski definition) is 12. The normalized spacial score (nSPS) is 15.2. The number of nitrogens with one attached hydrogen (secondary N) is 3. The second-order valence-electron chi connectivity index (χ2n) is 31.3. The lowest BCUT2D eigenvalue weighted by molar-refractivity contribution is 0.0940. The summed E-state index contributed by atoms with van der Waals surface area (Å²) in [5.41, 5.74) is 12.4. The van der Waals surface area contributed by atoms with Gasteiger partial charge in [-0.15, -0.1) is 34.0 Å². The number of unbranched alkanes of at least 4 members (excludes halogenated alkanes) is 1. The molecule has 15 nitrogen and oxygen atoms in total. The molecule has 3 N–H and O–H groups in total. The van der Waals surface area contributed by atoms with Crippen molar-refractivity contribution in [1.29, 1.82) is 0 Å². The van der Waals surface area contributed by atoms with E-state index in [1.807, 2.05) is 107 Å². The fourth-order valence-electron chi connectivity index (χ4n) is 16.9. The van der Waals surface area contributed by atoms with E-state index in [4.69, 9.17) is 26.6 Å². The van der Waals surface area contributed by atoms with Gasteiger partial charge in [0.15, 0.2) is 0 Å². The van der Waals surface area contributed by atoms with Crippen LogP contribution >= 0.6 is 45.6 Å². The quantitative estimate of drug-likeness (QED) is 0.0435. The van der Waals surface area contributed by atoms with Gasteiger partial charge in [-0.3, -0.25) is 14.4 Å². The van der Waals surface area contributed by atoms with Crippen LogP contribution in [0.25, 0.3) is 63.4 Å². The topological polar surface area (TPSA) is 150 Å². The van der Waals surface area contributed by atoms with Gasteiger partial charge in [-0.05, 0) is 214 Å². The summed E-state index contributed by atoms with van der Waals surface area (Å²) in [4.78, 5) is 61.8. The Morgan fingerprint density at radius 3 is 1.15 bits per heavy atom. The number of thiazole rings is 3. The van der Waals surface area contributed by atoms with Crippen LogP contribution in [0.5, 0.6) is 0 Å². The smallest absolute Gasteiger partial charge is 0.253 e. The standard InChI is InChI=1S/C32H34N4OS.C32H42N4OS.C31H31ClN4OS/c1-23-8-6-9-24(20-23)21-33-31(37)27-22-36(29-12-4-2-10-26(27)29)17-7-16-35-18-14-25(15-19-35)32-34-28-11-3-5-13-30(28)38-32;1-3-5-11-24(4-2)22-33-31(37)27-23-36(29-14-8-6-12-26(27)29)19-10-18-35-20-16-25(17-21-35)32-34-28-13-7-9-15-30(28)38-32;32-24-8-5-7-22(19-24)20-33-30(37)26-21-36(28-11-3-1-9-25(26)28)16-6-15-35-17-13-23(14-18-35)31-34-27-10-2-4-12-29(27)38-31/h2-6,8-13,20,22,25H,7,14-19,21H2,1H3,(H,33,37);6-9,12-15,23-25H,3-5,10-11,16-22H2,1-2H3,(H,33,37);1-5,7-12,19,21,23H,6,13-18,20H2,(H,33,37). The summed E-state index contributed by atoms with van der Waals surface area (Å²) in [5.74, 6) is 2.29. The van der Waals surface area contributed by atoms with E-state index in [9.17, 15) is 14.4 Å². The first-order valence-corrected chi connectivity index (χ1v) is 44.4. The highest BCUT2D eigenvalue weighted by Crippen LogP contribution is 2.38. The van der Waals surface area contributed by atoms with Crippen LogP contribution in [0.15, 0.2) is 213 Å². The third kappa shape index (κ3) is 20.1. The first-order chi connectivity index (χ1) is 55.9. The molecule has 9 heterocycles. The molecule has 0 saturated carbocycles. The largest absolute Gasteiger partial charge is 0.352 e. The second-order valence-corrected chi connectivity index (χ2v) is 35.0. The van der Waals surface area contributed by atoms with Crippen molar-refractivity contribution < 1.29 is 14.4 Å². The minimum atomic E-state index is -0.0585. The van der Waals surface area contributed by atoms with Gasteiger partial charge in [0.05, 0.1) is 62.4 Å². The number of likely N-dealkylation sites (tertiary alicyclic amines) is 3. The van der Waals surface area contributed by atoms with E-state index >= 15 is 0 Å². The number of hydrogen-bond donors (Lipinski definition) is 3. The molecule has 1 unspecified atom stereocenters. The number of benzene rings is 8. The Labute approximate surface area is 687 Å². The molecular formula is C95H107ClN12O3S3. The number of aromatic nitrogens is 6. The van der Waals surface area contributed by atoms with Crippen molar-refractivity contribution in [2.24, 2.45) is 5.92 Å². The molecule has 3 fully saturated rings. The van der Waals surface area contributed by atoms with E-state index in [1.165, 1.54) is 92.5 Å². The van der Waals surface area contributed by atoms with Crippen molar-refractivity contribution in [2.75, 3.05) is 65.4 Å². The van der Waals surface area contributed by atoms with Gasteiger partial charge in [0, 0.05) is 113 Å². The first kappa shape index (κ1) is 79.8. The van der Waals surface area contributed by atoms with E-state index in [0.717, 1.165) is 188 Å². The number of aryl methyl sites for hydroxylation is 4. The predicted octanol–water partition coefficient (Wildman–Crippen LogP) is 21.3. The van der Waals surface area contributed by atoms with E-state index in [-0.39, 0.29) is 17.7 Å². The molecular weight excluding hydrogens is 1490 g/mol. The number of para-hydroxylation sites is 6. The van der Waals surface area contributed by atoms with E-state index < -0.39 is 0 Å². The third-order valence-corrected chi connectivity index (χ3v) is 27.3. The average Bonchev–Trinajstić information content (AvgIpc) is 1.65. The maximum absolute atomic E-state index is 13.2. The van der Waals surface area contributed by atoms with Gasteiger partial charge in [-0.25, -0.2) is 15.0 Å². The fourth-order valence-corrected chi connectivity index (χ4v) is 20.6. The summed E-state index contributed by atoms with van der Waals surface area (Å²) >= 11 is 11.7. The molecule has 1 atom stereocenters. The second kappa shape index (κ2) is 38.8. The molecule has 3 aliphatic rings. The Balaban J connectivity index is 0.000000135. The zero-order valence-electron chi connectivity index (χ0n) is 66.2. The summed E-state index contributed by atoms with van der Waals surface area (Å²) < 4.78 is 10.7. The molecule has 0 radical (unpaired) electrons. The van der Waals surface area contributed by atoms with E-state index in [0.29, 0.717) is 41.8 Å². The van der Waals surface area contributed by atoms with Crippen molar-refractivity contribution in [3.8, 4) is 0 Å². The third-order valence-electron chi connectivity index (χ3n) is 23.4. The molecule has 0 bridgehead atoms. The molecule has 0 aliphatic carbocycles. The van der Waals surface area contributed by atoms with Crippen LogP contribution in [-0.2, 0) is 32.7 Å². The minimum absolute atomic E-state index is 0.0154. The minimum Gasteiger partial charge on any atom is -0.352 e. The lowest BCUT2D eigenvalue weighted by atomic mass is 9.97. The van der Waals surface area contributed by atoms with Crippen molar-refractivity contribution in [3.63, 3.8) is 0 Å². The highest BCUT2D eigenvalue weighted by atomic mass is 35.5. The Kier molecular flexibility index (Phi) is 27.2. The van der Waals surface area contributed by atoms with Crippen LogP contribution in [0.2, 0.25) is 5.02 Å². The van der Waals surface area contributed by atoms with E-state index in [2.05, 4.69) is 205 Å². The van der Waals surface area contributed by atoms with Crippen LogP contribution in [-0.4, -0.2) is 127 Å². The number of carbonyl (C=O) groups excluding carboxylic acids is 3. The molecule has 17 rings (SSSR count). The SMILES string of the molecule is CCCCC(CC)CNC(=O)c1cn(CCCN2CCC(c3nc4ccccc4s3)CC2)c2ccccc12.Cc1cccc(CNC(=O)c2cn(CCCN3CCC(c4nc5ccccc5s4)CC3)c3ccccc23)c1.O=C(NCc1cccc(Cl)c1)c1cn(CCCN2CCC(c3nc4ccccc4s3)CC2)c2ccccc12. The Bertz CT molecular complexity index is 5200. The lowest BCUT2D eigenvalue weighted by Crippen LogP contribution is -2.34. The number of carbonyl (C=O) groups is 3. The van der Waals surface area contributed by atoms with E-state index in [1.54, 1.807) is 0 Å². The summed E-state index contributed by atoms with van der Waals surface area (Å²) in [6.07, 6.45) is 21.1. The number of rotatable bonds is 28. The predicted molar refractivity (Wildman–Crippen MR) is 474 cm³/mol.